The van der Waals surface area contributed by atoms with Gasteiger partial charge in [0, 0.05) is 5.56 Å². The van der Waals surface area contributed by atoms with E-state index in [0.717, 1.165) is 24.5 Å². The van der Waals surface area contributed by atoms with Crippen molar-refractivity contribution >= 4 is 0 Å². The van der Waals surface area contributed by atoms with Crippen molar-refractivity contribution in [1.82, 2.24) is 4.98 Å². The molecule has 0 aliphatic rings. The standard InChI is InChI=1S/C17H15F2N/c1-2-3-4-13-5-7-14(8-6-13)9-10-15-11-12-16(18)20-17(15)19/h5-8,11-12H,2-4H2,1H3. The van der Waals surface area contributed by atoms with Crippen molar-refractivity contribution < 1.29 is 8.78 Å². The third-order valence-electron chi connectivity index (χ3n) is 2.93. The summed E-state index contributed by atoms with van der Waals surface area (Å²) in [5, 5.41) is 0. The van der Waals surface area contributed by atoms with Crippen molar-refractivity contribution in [2.24, 2.45) is 0 Å². The molecule has 0 amide bonds. The second kappa shape index (κ2) is 6.81. The molecular formula is C17H15F2N. The molecule has 3 heteroatoms. The number of hydrogen-bond donors (Lipinski definition) is 0. The van der Waals surface area contributed by atoms with Crippen LogP contribution in [0.4, 0.5) is 8.78 Å². The van der Waals surface area contributed by atoms with Gasteiger partial charge in [-0.3, -0.25) is 0 Å². The van der Waals surface area contributed by atoms with E-state index < -0.39 is 11.9 Å². The quantitative estimate of drug-likeness (QED) is 0.605. The minimum Gasteiger partial charge on any atom is -0.189 e. The van der Waals surface area contributed by atoms with Crippen molar-refractivity contribution in [2.75, 3.05) is 0 Å². The number of hydrogen-bond acceptors (Lipinski definition) is 1. The van der Waals surface area contributed by atoms with Gasteiger partial charge in [0.25, 0.3) is 0 Å². The molecule has 1 aromatic carbocycles. The fourth-order valence-electron chi connectivity index (χ4n) is 1.78. The zero-order chi connectivity index (χ0) is 14.4. The molecule has 0 atom stereocenters. The maximum absolute atomic E-state index is 13.3. The molecule has 20 heavy (non-hydrogen) atoms. The highest BCUT2D eigenvalue weighted by molar-refractivity contribution is 5.42. The first kappa shape index (κ1) is 14.2. The van der Waals surface area contributed by atoms with E-state index in [9.17, 15) is 8.78 Å². The van der Waals surface area contributed by atoms with Crippen LogP contribution in [0.5, 0.6) is 0 Å². The Morgan fingerprint density at radius 1 is 1.00 bits per heavy atom. The predicted molar refractivity (Wildman–Crippen MR) is 75.2 cm³/mol. The molecule has 0 spiro atoms. The van der Waals surface area contributed by atoms with Crippen molar-refractivity contribution in [3.8, 4) is 11.8 Å². The van der Waals surface area contributed by atoms with Gasteiger partial charge in [0.2, 0.25) is 11.9 Å². The summed E-state index contributed by atoms with van der Waals surface area (Å²) in [5.41, 5.74) is 2.17. The summed E-state index contributed by atoms with van der Waals surface area (Å²) in [6.07, 6.45) is 3.39. The average molecular weight is 271 g/mol. The SMILES string of the molecule is CCCCc1ccc(C#Cc2ccc(F)nc2F)cc1. The lowest BCUT2D eigenvalue weighted by Gasteiger charge is -1.99. The van der Waals surface area contributed by atoms with Gasteiger partial charge >= 0.3 is 0 Å². The van der Waals surface area contributed by atoms with Gasteiger partial charge in [0.05, 0.1) is 5.56 Å². The molecule has 102 valence electrons. The van der Waals surface area contributed by atoms with Crippen LogP contribution in [-0.4, -0.2) is 4.98 Å². The van der Waals surface area contributed by atoms with Gasteiger partial charge in [-0.15, -0.1) is 0 Å². The van der Waals surface area contributed by atoms with Crippen molar-refractivity contribution in [3.05, 3.63) is 65.0 Å². The molecule has 2 rings (SSSR count). The zero-order valence-electron chi connectivity index (χ0n) is 11.3. The number of aryl methyl sites for hydroxylation is 1. The minimum absolute atomic E-state index is 0.0986. The summed E-state index contributed by atoms with van der Waals surface area (Å²) in [7, 11) is 0. The first-order valence-electron chi connectivity index (χ1n) is 6.62. The molecular weight excluding hydrogens is 256 g/mol. The Labute approximate surface area is 117 Å². The van der Waals surface area contributed by atoms with E-state index >= 15 is 0 Å². The Kier molecular flexibility index (Phi) is 4.84. The zero-order valence-corrected chi connectivity index (χ0v) is 11.3. The van der Waals surface area contributed by atoms with Crippen molar-refractivity contribution in [3.63, 3.8) is 0 Å². The van der Waals surface area contributed by atoms with E-state index in [0.29, 0.717) is 0 Å². The van der Waals surface area contributed by atoms with Crippen LogP contribution >= 0.6 is 0 Å². The second-order valence-electron chi connectivity index (χ2n) is 4.52. The Balaban J connectivity index is 2.12. The number of rotatable bonds is 3. The van der Waals surface area contributed by atoms with E-state index in [4.69, 9.17) is 0 Å². The van der Waals surface area contributed by atoms with Gasteiger partial charge in [-0.25, -0.2) is 0 Å². The van der Waals surface area contributed by atoms with Crippen LogP contribution in [-0.2, 0) is 6.42 Å². The van der Waals surface area contributed by atoms with Gasteiger partial charge in [0.15, 0.2) is 0 Å². The molecule has 1 heterocycles. The maximum atomic E-state index is 13.3. The first-order valence-corrected chi connectivity index (χ1v) is 6.62. The van der Waals surface area contributed by atoms with Crippen LogP contribution in [0.2, 0.25) is 0 Å². The van der Waals surface area contributed by atoms with Crippen LogP contribution in [0.15, 0.2) is 36.4 Å². The molecule has 1 nitrogen and oxygen atoms in total. The highest BCUT2D eigenvalue weighted by Crippen LogP contribution is 2.08. The number of nitrogens with zero attached hydrogens (tertiary/aromatic N) is 1. The van der Waals surface area contributed by atoms with Gasteiger partial charge in [-0.2, -0.15) is 13.8 Å². The monoisotopic (exact) mass is 271 g/mol. The fraction of sp³-hybridized carbons (Fsp3) is 0.235. The smallest absolute Gasteiger partial charge is 0.189 e. The molecule has 0 saturated heterocycles. The van der Waals surface area contributed by atoms with Crippen LogP contribution in [0.1, 0.15) is 36.5 Å². The molecule has 0 N–H and O–H groups in total. The van der Waals surface area contributed by atoms with Crippen LogP contribution in [0.3, 0.4) is 0 Å². The molecule has 0 aliphatic heterocycles. The highest BCUT2D eigenvalue weighted by Gasteiger charge is 2.01. The van der Waals surface area contributed by atoms with Crippen molar-refractivity contribution in [1.29, 1.82) is 0 Å². The summed E-state index contributed by atoms with van der Waals surface area (Å²) in [6.45, 7) is 2.16. The third kappa shape index (κ3) is 3.89. The second-order valence-corrected chi connectivity index (χ2v) is 4.52. The number of unbranched alkanes of at least 4 members (excludes halogenated alkanes) is 1. The predicted octanol–water partition coefficient (Wildman–Crippen LogP) is 4.10. The lowest BCUT2D eigenvalue weighted by Crippen LogP contribution is -1.92. The largest absolute Gasteiger partial charge is 0.231 e. The maximum Gasteiger partial charge on any atom is 0.231 e. The summed E-state index contributed by atoms with van der Waals surface area (Å²) < 4.78 is 26.0. The van der Waals surface area contributed by atoms with E-state index in [1.54, 1.807) is 0 Å². The normalized spacial score (nSPS) is 9.95. The van der Waals surface area contributed by atoms with Crippen LogP contribution in [0.25, 0.3) is 0 Å². The molecule has 0 radical (unpaired) electrons. The average Bonchev–Trinajstić information content (AvgIpc) is 2.45. The van der Waals surface area contributed by atoms with Gasteiger partial charge in [-0.1, -0.05) is 37.3 Å². The lowest BCUT2D eigenvalue weighted by atomic mass is 10.1. The number of pyridine rings is 1. The number of halogens is 2. The number of aromatic nitrogens is 1. The third-order valence-corrected chi connectivity index (χ3v) is 2.93. The highest BCUT2D eigenvalue weighted by atomic mass is 19.1. The van der Waals surface area contributed by atoms with Gasteiger partial charge < -0.3 is 0 Å². The fourth-order valence-corrected chi connectivity index (χ4v) is 1.78. The topological polar surface area (TPSA) is 12.9 Å². The van der Waals surface area contributed by atoms with Crippen LogP contribution < -0.4 is 0 Å². The van der Waals surface area contributed by atoms with Crippen LogP contribution in [0, 0.1) is 23.7 Å². The Morgan fingerprint density at radius 3 is 2.40 bits per heavy atom. The Bertz CT molecular complexity index is 636. The van der Waals surface area contributed by atoms with Gasteiger partial charge in [0.1, 0.15) is 0 Å². The minimum atomic E-state index is -0.878. The molecule has 1 aromatic heterocycles. The van der Waals surface area contributed by atoms with E-state index in [2.05, 4.69) is 23.7 Å². The Morgan fingerprint density at radius 2 is 1.75 bits per heavy atom. The van der Waals surface area contributed by atoms with E-state index in [-0.39, 0.29) is 5.56 Å². The summed E-state index contributed by atoms with van der Waals surface area (Å²) in [4.78, 5) is 3.10. The summed E-state index contributed by atoms with van der Waals surface area (Å²) in [6, 6.07) is 10.3. The van der Waals surface area contributed by atoms with Gasteiger partial charge in [-0.05, 0) is 42.7 Å². The summed E-state index contributed by atoms with van der Waals surface area (Å²) >= 11 is 0. The molecule has 0 fully saturated rings. The lowest BCUT2D eigenvalue weighted by molar-refractivity contribution is 0.510. The number of benzene rings is 1. The Hall–Kier alpha value is -2.21. The molecule has 2 aromatic rings. The molecule has 0 unspecified atom stereocenters. The van der Waals surface area contributed by atoms with E-state index in [1.165, 1.54) is 18.1 Å². The van der Waals surface area contributed by atoms with E-state index in [1.807, 2.05) is 24.3 Å². The van der Waals surface area contributed by atoms with Crippen molar-refractivity contribution in [2.45, 2.75) is 26.2 Å². The molecule has 0 bridgehead atoms. The molecule has 0 saturated carbocycles. The summed E-state index contributed by atoms with van der Waals surface area (Å²) in [5.74, 6) is 3.80. The molecule has 0 aliphatic carbocycles. The first-order chi connectivity index (χ1) is 9.69.